The molecule has 1 N–H and O–H groups in total. The summed E-state index contributed by atoms with van der Waals surface area (Å²) in [5, 5.41) is 0. The fourth-order valence-electron chi connectivity index (χ4n) is 4.02. The summed E-state index contributed by atoms with van der Waals surface area (Å²) in [6.45, 7) is 0.900. The zero-order valence-electron chi connectivity index (χ0n) is 21.0. The zero-order chi connectivity index (χ0) is 29.8. The average Bonchev–Trinajstić information content (AvgIpc) is 2.91. The van der Waals surface area contributed by atoms with Gasteiger partial charge < -0.3 is 9.64 Å². The van der Waals surface area contributed by atoms with Crippen molar-refractivity contribution in [3.05, 3.63) is 89.5 Å². The van der Waals surface area contributed by atoms with Crippen LogP contribution in [-0.2, 0) is 31.9 Å². The van der Waals surface area contributed by atoms with Gasteiger partial charge in [-0.25, -0.2) is 8.42 Å². The van der Waals surface area contributed by atoms with Crippen LogP contribution in [0.3, 0.4) is 0 Å². The van der Waals surface area contributed by atoms with E-state index >= 15 is 0 Å². The van der Waals surface area contributed by atoms with Crippen LogP contribution < -0.4 is 4.72 Å². The molecule has 3 aromatic rings. The number of anilines is 1. The molecule has 1 heterocycles. The number of sulfonamides is 1. The minimum absolute atomic E-state index is 0.00429. The van der Waals surface area contributed by atoms with Crippen LogP contribution in [0.25, 0.3) is 6.08 Å². The first-order valence-electron chi connectivity index (χ1n) is 12.0. The standard InChI is InChI=1S/C27H22F6N2O4S2/c28-26(29,30)24-18(10-12-23(36)35-13-15-39-16-14-35)9-11-22(25(24)27(31,32)33)40-20-6-4-5-19(17-20)34-41(37,38)21-7-2-1-3-8-21/h1-12,17,34H,13-16H2. The first kappa shape index (κ1) is 30.5. The Hall–Kier alpha value is -3.49. The smallest absolute Gasteiger partial charge is 0.378 e. The van der Waals surface area contributed by atoms with Crippen molar-refractivity contribution in [1.29, 1.82) is 0 Å². The summed E-state index contributed by atoms with van der Waals surface area (Å²) in [6, 6.07) is 14.4. The van der Waals surface area contributed by atoms with Gasteiger partial charge in [0.2, 0.25) is 5.91 Å². The lowest BCUT2D eigenvalue weighted by molar-refractivity contribution is -0.163. The van der Waals surface area contributed by atoms with Crippen LogP contribution in [-0.4, -0.2) is 45.5 Å². The molecule has 1 aliphatic rings. The molecule has 41 heavy (non-hydrogen) atoms. The number of carbonyl (C=O) groups excluding carboxylic acids is 1. The normalized spacial score (nSPS) is 14.8. The highest BCUT2D eigenvalue weighted by atomic mass is 32.2. The van der Waals surface area contributed by atoms with Crippen molar-refractivity contribution in [1.82, 2.24) is 4.90 Å². The molecule has 0 aromatic heterocycles. The van der Waals surface area contributed by atoms with E-state index in [1.54, 1.807) is 6.07 Å². The average molecular weight is 617 g/mol. The van der Waals surface area contributed by atoms with Gasteiger partial charge in [-0.2, -0.15) is 26.3 Å². The van der Waals surface area contributed by atoms with Gasteiger partial charge in [-0.15, -0.1) is 0 Å². The third-order valence-corrected chi connectivity index (χ3v) is 8.31. The highest BCUT2D eigenvalue weighted by Crippen LogP contribution is 2.48. The van der Waals surface area contributed by atoms with E-state index in [2.05, 4.69) is 4.72 Å². The van der Waals surface area contributed by atoms with E-state index in [0.717, 1.165) is 24.3 Å². The number of nitrogens with zero attached hydrogens (tertiary/aromatic N) is 1. The highest BCUT2D eigenvalue weighted by molar-refractivity contribution is 7.99. The van der Waals surface area contributed by atoms with Gasteiger partial charge in [0, 0.05) is 34.6 Å². The lowest BCUT2D eigenvalue weighted by Crippen LogP contribution is -2.39. The maximum absolute atomic E-state index is 14.2. The molecule has 0 radical (unpaired) electrons. The minimum atomic E-state index is -5.41. The van der Waals surface area contributed by atoms with Crippen molar-refractivity contribution in [2.24, 2.45) is 0 Å². The minimum Gasteiger partial charge on any atom is -0.378 e. The maximum atomic E-state index is 14.2. The SMILES string of the molecule is O=C(C=Cc1ccc(Sc2cccc(NS(=O)(=O)c3ccccc3)c2)c(C(F)(F)F)c1C(F)(F)F)N1CCOCC1. The Labute approximate surface area is 236 Å². The number of hydrogen-bond donors (Lipinski definition) is 1. The Bertz CT molecular complexity index is 1540. The van der Waals surface area contributed by atoms with E-state index in [1.165, 1.54) is 53.4 Å². The second-order valence-corrected chi connectivity index (χ2v) is 11.5. The van der Waals surface area contributed by atoms with E-state index in [0.29, 0.717) is 11.8 Å². The highest BCUT2D eigenvalue weighted by Gasteiger charge is 2.46. The summed E-state index contributed by atoms with van der Waals surface area (Å²) in [5.74, 6) is -0.650. The van der Waals surface area contributed by atoms with E-state index in [4.69, 9.17) is 4.74 Å². The summed E-state index contributed by atoms with van der Waals surface area (Å²) in [5.41, 5.74) is -4.65. The molecule has 218 valence electrons. The number of morpholine rings is 1. The Balaban J connectivity index is 1.69. The summed E-state index contributed by atoms with van der Waals surface area (Å²) in [7, 11) is -4.02. The van der Waals surface area contributed by atoms with Crippen molar-refractivity contribution < 1.29 is 44.3 Å². The summed E-state index contributed by atoms with van der Waals surface area (Å²) < 4.78 is 118. The van der Waals surface area contributed by atoms with E-state index in [-0.39, 0.29) is 41.8 Å². The van der Waals surface area contributed by atoms with Crippen LogP contribution in [0.4, 0.5) is 32.0 Å². The van der Waals surface area contributed by atoms with Crippen LogP contribution in [0.1, 0.15) is 16.7 Å². The van der Waals surface area contributed by atoms with Crippen molar-refractivity contribution >= 4 is 39.5 Å². The second kappa shape index (κ2) is 12.2. The molecule has 6 nitrogen and oxygen atoms in total. The molecule has 1 fully saturated rings. The molecule has 3 aromatic carbocycles. The predicted molar refractivity (Wildman–Crippen MR) is 141 cm³/mol. The molecule has 0 aliphatic carbocycles. The lowest BCUT2D eigenvalue weighted by Gasteiger charge is -2.25. The quantitative estimate of drug-likeness (QED) is 0.241. The molecule has 0 atom stereocenters. The third kappa shape index (κ3) is 7.63. The Kier molecular flexibility index (Phi) is 9.04. The van der Waals surface area contributed by atoms with Gasteiger partial charge in [-0.3, -0.25) is 9.52 Å². The van der Waals surface area contributed by atoms with Gasteiger partial charge in [0.1, 0.15) is 0 Å². The summed E-state index contributed by atoms with van der Waals surface area (Å²) in [6.07, 6.45) is -9.28. The fourth-order valence-corrected chi connectivity index (χ4v) is 6.14. The first-order chi connectivity index (χ1) is 19.3. The van der Waals surface area contributed by atoms with Crippen LogP contribution in [0.5, 0.6) is 0 Å². The number of carbonyl (C=O) groups is 1. The number of halogens is 6. The number of benzene rings is 3. The van der Waals surface area contributed by atoms with E-state index in [1.807, 2.05) is 0 Å². The summed E-state index contributed by atoms with van der Waals surface area (Å²) in [4.78, 5) is 13.0. The Morgan fingerprint density at radius 3 is 2.17 bits per heavy atom. The largest absolute Gasteiger partial charge is 0.418 e. The zero-order valence-corrected chi connectivity index (χ0v) is 22.6. The monoisotopic (exact) mass is 616 g/mol. The predicted octanol–water partition coefficient (Wildman–Crippen LogP) is 6.55. The number of nitrogens with one attached hydrogen (secondary N) is 1. The van der Waals surface area contributed by atoms with Gasteiger partial charge in [0.15, 0.2) is 0 Å². The molecule has 14 heteroatoms. The molecule has 0 saturated carbocycles. The van der Waals surface area contributed by atoms with Gasteiger partial charge in [-0.05, 0) is 48.0 Å². The van der Waals surface area contributed by atoms with Gasteiger partial charge >= 0.3 is 12.4 Å². The Morgan fingerprint density at radius 1 is 0.878 bits per heavy atom. The van der Waals surface area contributed by atoms with Gasteiger partial charge in [0.05, 0.1) is 29.2 Å². The molecule has 0 spiro atoms. The number of alkyl halides is 6. The second-order valence-electron chi connectivity index (χ2n) is 8.72. The first-order valence-corrected chi connectivity index (χ1v) is 14.3. The van der Waals surface area contributed by atoms with Gasteiger partial charge in [0.25, 0.3) is 10.0 Å². The van der Waals surface area contributed by atoms with Crippen molar-refractivity contribution in [2.45, 2.75) is 27.0 Å². The van der Waals surface area contributed by atoms with Gasteiger partial charge in [-0.1, -0.05) is 42.1 Å². The molecule has 0 unspecified atom stereocenters. The molecule has 0 bridgehead atoms. The maximum Gasteiger partial charge on any atom is 0.418 e. The fraction of sp³-hybridized carbons (Fsp3) is 0.222. The molecular formula is C27H22F6N2O4S2. The molecular weight excluding hydrogens is 594 g/mol. The van der Waals surface area contributed by atoms with E-state index < -0.39 is 49.9 Å². The number of rotatable bonds is 7. The number of ether oxygens (including phenoxy) is 1. The van der Waals surface area contributed by atoms with Crippen molar-refractivity contribution in [2.75, 3.05) is 31.0 Å². The van der Waals surface area contributed by atoms with Crippen molar-refractivity contribution in [3.8, 4) is 0 Å². The van der Waals surface area contributed by atoms with Crippen molar-refractivity contribution in [3.63, 3.8) is 0 Å². The number of amides is 1. The summed E-state index contributed by atoms with van der Waals surface area (Å²) >= 11 is 0.395. The third-order valence-electron chi connectivity index (χ3n) is 5.86. The van der Waals surface area contributed by atoms with Crippen LogP contribution in [0.2, 0.25) is 0 Å². The lowest BCUT2D eigenvalue weighted by atomic mass is 9.99. The molecule has 1 amide bonds. The molecule has 4 rings (SSSR count). The van der Waals surface area contributed by atoms with Crippen LogP contribution in [0.15, 0.2) is 87.5 Å². The van der Waals surface area contributed by atoms with E-state index in [9.17, 15) is 39.6 Å². The van der Waals surface area contributed by atoms with Crippen LogP contribution in [0, 0.1) is 0 Å². The van der Waals surface area contributed by atoms with Crippen LogP contribution >= 0.6 is 11.8 Å². The molecule has 1 aliphatic heterocycles. The molecule has 1 saturated heterocycles. The topological polar surface area (TPSA) is 75.7 Å². The number of hydrogen-bond acceptors (Lipinski definition) is 5. The Morgan fingerprint density at radius 2 is 1.54 bits per heavy atom.